The molecule has 1 fully saturated rings. The summed E-state index contributed by atoms with van der Waals surface area (Å²) in [6, 6.07) is 15.3. The van der Waals surface area contributed by atoms with E-state index in [0.29, 0.717) is 12.6 Å². The first-order chi connectivity index (χ1) is 15.2. The molecule has 1 saturated heterocycles. The number of nitrogens with one attached hydrogen (secondary N) is 2. The zero-order chi connectivity index (χ0) is 21.6. The number of fused-ring (bicyclic) bond motifs is 1. The molecule has 0 aromatic heterocycles. The van der Waals surface area contributed by atoms with Crippen molar-refractivity contribution in [3.05, 3.63) is 53.6 Å². The van der Waals surface area contributed by atoms with E-state index in [1.54, 1.807) is 7.11 Å². The number of aliphatic imine (C=N–C) groups is 1. The van der Waals surface area contributed by atoms with E-state index in [1.165, 1.54) is 11.3 Å². The van der Waals surface area contributed by atoms with Gasteiger partial charge in [-0.3, -0.25) is 0 Å². The predicted molar refractivity (Wildman–Crippen MR) is 126 cm³/mol. The van der Waals surface area contributed by atoms with Gasteiger partial charge < -0.3 is 25.0 Å². The fourth-order valence-electron chi connectivity index (χ4n) is 4.39. The van der Waals surface area contributed by atoms with Crippen LogP contribution >= 0.6 is 0 Å². The van der Waals surface area contributed by atoms with Crippen molar-refractivity contribution in [2.45, 2.75) is 51.8 Å². The summed E-state index contributed by atoms with van der Waals surface area (Å²) in [5, 5.41) is 7.03. The number of hydrogen-bond acceptors (Lipinski definition) is 4. The molecule has 0 radical (unpaired) electrons. The molecule has 6 nitrogen and oxygen atoms in total. The smallest absolute Gasteiger partial charge is 0.191 e. The predicted octanol–water partition coefficient (Wildman–Crippen LogP) is 3.74. The Morgan fingerprint density at radius 3 is 2.68 bits per heavy atom. The lowest BCUT2D eigenvalue weighted by molar-refractivity contribution is 0.254. The van der Waals surface area contributed by atoms with Crippen molar-refractivity contribution in [1.29, 1.82) is 0 Å². The fourth-order valence-corrected chi connectivity index (χ4v) is 4.39. The van der Waals surface area contributed by atoms with Crippen molar-refractivity contribution in [2.24, 2.45) is 4.99 Å². The number of anilines is 1. The molecule has 2 aliphatic rings. The molecule has 4 rings (SSSR count). The summed E-state index contributed by atoms with van der Waals surface area (Å²) in [6.45, 7) is 7.68. The van der Waals surface area contributed by atoms with Crippen molar-refractivity contribution < 1.29 is 9.47 Å². The molecule has 0 saturated carbocycles. The van der Waals surface area contributed by atoms with Gasteiger partial charge in [-0.2, -0.15) is 0 Å². The van der Waals surface area contributed by atoms with Crippen molar-refractivity contribution in [1.82, 2.24) is 10.6 Å². The van der Waals surface area contributed by atoms with Gasteiger partial charge in [-0.25, -0.2) is 4.99 Å². The molecule has 1 atom stereocenters. The Kier molecular flexibility index (Phi) is 6.85. The van der Waals surface area contributed by atoms with E-state index in [9.17, 15) is 0 Å². The highest BCUT2D eigenvalue weighted by Crippen LogP contribution is 2.35. The van der Waals surface area contributed by atoms with Crippen LogP contribution in [-0.2, 0) is 13.0 Å². The molecule has 2 heterocycles. The number of rotatable bonds is 6. The molecule has 0 bridgehead atoms. The molecule has 0 spiro atoms. The largest absolute Gasteiger partial charge is 0.496 e. The lowest BCUT2D eigenvalue weighted by Crippen LogP contribution is -2.48. The maximum Gasteiger partial charge on any atom is 0.191 e. The topological polar surface area (TPSA) is 58.1 Å². The summed E-state index contributed by atoms with van der Waals surface area (Å²) in [5.41, 5.74) is 3.57. The van der Waals surface area contributed by atoms with Crippen molar-refractivity contribution >= 4 is 11.6 Å². The van der Waals surface area contributed by atoms with E-state index in [1.807, 2.05) is 0 Å². The molecule has 2 N–H and O–H groups in total. The van der Waals surface area contributed by atoms with Gasteiger partial charge in [0, 0.05) is 48.9 Å². The number of guanidine groups is 1. The first-order valence-electron chi connectivity index (χ1n) is 11.4. The number of hydrogen-bond donors (Lipinski definition) is 2. The van der Waals surface area contributed by atoms with Gasteiger partial charge in [0.25, 0.3) is 0 Å². The first kappa shape index (κ1) is 21.3. The van der Waals surface area contributed by atoms with Gasteiger partial charge >= 0.3 is 0 Å². The van der Waals surface area contributed by atoms with E-state index in [4.69, 9.17) is 14.5 Å². The Labute approximate surface area is 185 Å². The highest BCUT2D eigenvalue weighted by molar-refractivity contribution is 5.80. The highest BCUT2D eigenvalue weighted by Gasteiger charge is 2.22. The van der Waals surface area contributed by atoms with Crippen LogP contribution in [0.15, 0.2) is 47.5 Å². The number of methoxy groups -OCH3 is 1. The number of ether oxygens (including phenoxy) is 2. The molecule has 2 aliphatic heterocycles. The van der Waals surface area contributed by atoms with Crippen LogP contribution in [0.2, 0.25) is 0 Å². The van der Waals surface area contributed by atoms with Crippen LogP contribution in [0, 0.1) is 0 Å². The van der Waals surface area contributed by atoms with Crippen LogP contribution in [0.3, 0.4) is 0 Å². The van der Waals surface area contributed by atoms with Gasteiger partial charge in [-0.05, 0) is 51.0 Å². The summed E-state index contributed by atoms with van der Waals surface area (Å²) in [7, 11) is 1.72. The molecule has 2 aromatic rings. The van der Waals surface area contributed by atoms with Crippen LogP contribution in [0.1, 0.15) is 37.8 Å². The molecule has 31 heavy (non-hydrogen) atoms. The quantitative estimate of drug-likeness (QED) is 0.549. The minimum atomic E-state index is 0.221. The van der Waals surface area contributed by atoms with Gasteiger partial charge in [0.15, 0.2) is 5.96 Å². The second-order valence-electron chi connectivity index (χ2n) is 8.34. The second-order valence-corrected chi connectivity index (χ2v) is 8.34. The number of para-hydroxylation sites is 1. The summed E-state index contributed by atoms with van der Waals surface area (Å²) in [6.07, 6.45) is 3.33. The molecular weight excluding hydrogens is 388 g/mol. The zero-order valence-corrected chi connectivity index (χ0v) is 18.9. The summed E-state index contributed by atoms with van der Waals surface area (Å²) >= 11 is 0. The average molecular weight is 423 g/mol. The van der Waals surface area contributed by atoms with E-state index in [0.717, 1.165) is 61.9 Å². The van der Waals surface area contributed by atoms with Crippen LogP contribution < -0.4 is 25.0 Å². The van der Waals surface area contributed by atoms with Gasteiger partial charge in [0.2, 0.25) is 0 Å². The van der Waals surface area contributed by atoms with Gasteiger partial charge in [-0.15, -0.1) is 0 Å². The third-order valence-corrected chi connectivity index (χ3v) is 6.01. The minimum Gasteiger partial charge on any atom is -0.496 e. The Morgan fingerprint density at radius 1 is 1.19 bits per heavy atom. The number of nitrogens with zero attached hydrogens (tertiary/aromatic N) is 2. The average Bonchev–Trinajstić information content (AvgIpc) is 3.16. The van der Waals surface area contributed by atoms with E-state index in [-0.39, 0.29) is 6.10 Å². The lowest BCUT2D eigenvalue weighted by Gasteiger charge is -2.34. The van der Waals surface area contributed by atoms with Crippen molar-refractivity contribution in [3.63, 3.8) is 0 Å². The monoisotopic (exact) mass is 422 g/mol. The lowest BCUT2D eigenvalue weighted by atomic mass is 10.0. The minimum absolute atomic E-state index is 0.221. The Morgan fingerprint density at radius 2 is 1.97 bits per heavy atom. The van der Waals surface area contributed by atoms with Crippen LogP contribution in [0.25, 0.3) is 0 Å². The zero-order valence-electron chi connectivity index (χ0n) is 18.9. The maximum atomic E-state index is 5.93. The third kappa shape index (κ3) is 5.24. The van der Waals surface area contributed by atoms with E-state index in [2.05, 4.69) is 71.8 Å². The normalized spacial score (nSPS) is 19.0. The molecule has 2 aromatic carbocycles. The Hall–Kier alpha value is -2.89. The van der Waals surface area contributed by atoms with E-state index < -0.39 is 0 Å². The maximum absolute atomic E-state index is 5.93. The summed E-state index contributed by atoms with van der Waals surface area (Å²) in [5.74, 6) is 2.70. The van der Waals surface area contributed by atoms with Crippen LogP contribution in [0.4, 0.5) is 5.69 Å². The summed E-state index contributed by atoms with van der Waals surface area (Å²) in [4.78, 5) is 7.31. The first-order valence-corrected chi connectivity index (χ1v) is 11.4. The highest BCUT2D eigenvalue weighted by atomic mass is 16.5. The molecular formula is C25H34N4O2. The summed E-state index contributed by atoms with van der Waals surface area (Å²) < 4.78 is 11.6. The molecule has 1 unspecified atom stereocenters. The van der Waals surface area contributed by atoms with Gasteiger partial charge in [0.1, 0.15) is 17.6 Å². The fraction of sp³-hybridized carbons (Fsp3) is 0.480. The standard InChI is InChI=1S/C25H34N4O2/c1-4-26-25(28-21-10-12-29(13-11-21)22-8-6-5-7-9-22)27-17-20-16-24-19(14-18(2)31-24)15-23(20)30-3/h5-9,15-16,18,21H,4,10-14,17H2,1-3H3,(H2,26,27,28). The third-order valence-electron chi connectivity index (χ3n) is 6.01. The van der Waals surface area contributed by atoms with Gasteiger partial charge in [0.05, 0.1) is 13.7 Å². The molecule has 0 aliphatic carbocycles. The van der Waals surface area contributed by atoms with Gasteiger partial charge in [-0.1, -0.05) is 18.2 Å². The van der Waals surface area contributed by atoms with Crippen LogP contribution in [0.5, 0.6) is 11.5 Å². The molecule has 166 valence electrons. The Bertz CT molecular complexity index is 892. The number of benzene rings is 2. The van der Waals surface area contributed by atoms with E-state index >= 15 is 0 Å². The SMILES string of the molecule is CCNC(=NCc1cc2c(cc1OC)CC(C)O2)NC1CCN(c2ccccc2)CC1. The van der Waals surface area contributed by atoms with Crippen molar-refractivity contribution in [3.8, 4) is 11.5 Å². The Balaban J connectivity index is 1.39. The second kappa shape index (κ2) is 9.94. The van der Waals surface area contributed by atoms with Crippen molar-refractivity contribution in [2.75, 3.05) is 31.6 Å². The number of piperidine rings is 1. The molecule has 6 heteroatoms. The van der Waals surface area contributed by atoms with Crippen LogP contribution in [-0.4, -0.2) is 44.8 Å². The molecule has 0 amide bonds.